The second-order valence-corrected chi connectivity index (χ2v) is 6.46. The summed E-state index contributed by atoms with van der Waals surface area (Å²) in [7, 11) is 0. The summed E-state index contributed by atoms with van der Waals surface area (Å²) in [5, 5.41) is 20.6. The highest BCUT2D eigenvalue weighted by atomic mass is 16.6. The number of amides is 1. The predicted molar refractivity (Wildman–Crippen MR) is 67.5 cm³/mol. The van der Waals surface area contributed by atoms with E-state index < -0.39 is 59.1 Å². The Kier molecular flexibility index (Phi) is 3.23. The fourth-order valence-corrected chi connectivity index (χ4v) is 3.03. The van der Waals surface area contributed by atoms with E-state index in [1.165, 1.54) is 0 Å². The van der Waals surface area contributed by atoms with Gasteiger partial charge in [0.2, 0.25) is 0 Å². The normalized spacial score (nSPS) is 34.0. The number of alkyl carbamates (subject to hydrolysis) is 1. The molecular weight excluding hydrogens is 282 g/mol. The smallest absolute Gasteiger partial charge is 0.408 e. The number of hydrogen-bond donors (Lipinski definition) is 3. The highest BCUT2D eigenvalue weighted by Gasteiger charge is 2.76. The van der Waals surface area contributed by atoms with Crippen LogP contribution in [0.5, 0.6) is 0 Å². The molecular formula is C13H17NO7. The molecule has 0 bridgehead atoms. The van der Waals surface area contributed by atoms with E-state index in [0.29, 0.717) is 0 Å². The number of aliphatic carboxylic acids is 2. The van der Waals surface area contributed by atoms with Crippen molar-refractivity contribution < 1.29 is 34.1 Å². The van der Waals surface area contributed by atoms with Gasteiger partial charge in [0, 0.05) is 18.3 Å². The first-order valence-electron chi connectivity index (χ1n) is 6.50. The van der Waals surface area contributed by atoms with Crippen molar-refractivity contribution in [3.63, 3.8) is 0 Å². The van der Waals surface area contributed by atoms with Gasteiger partial charge in [0.15, 0.2) is 5.54 Å². The number of carbonyl (C=O) groups excluding carboxylic acids is 2. The minimum Gasteiger partial charge on any atom is -0.481 e. The number of nitrogens with one attached hydrogen (secondary N) is 1. The number of Topliss-reactive ketones (excluding diaryl/α,β-unsaturated/α-hetero) is 1. The number of carbonyl (C=O) groups is 4. The average molecular weight is 299 g/mol. The van der Waals surface area contributed by atoms with Crippen LogP contribution in [0.15, 0.2) is 0 Å². The molecule has 1 amide bonds. The molecule has 2 fully saturated rings. The number of carboxylic acids is 2. The summed E-state index contributed by atoms with van der Waals surface area (Å²) >= 11 is 0. The Morgan fingerprint density at radius 1 is 1.29 bits per heavy atom. The van der Waals surface area contributed by atoms with Crippen LogP contribution in [0.1, 0.15) is 27.2 Å². The number of ether oxygens (including phenoxy) is 1. The van der Waals surface area contributed by atoms with E-state index >= 15 is 0 Å². The number of rotatable bonds is 3. The monoisotopic (exact) mass is 299 g/mol. The van der Waals surface area contributed by atoms with Gasteiger partial charge in [-0.2, -0.15) is 0 Å². The van der Waals surface area contributed by atoms with Crippen molar-refractivity contribution >= 4 is 23.8 Å². The largest absolute Gasteiger partial charge is 0.481 e. The van der Waals surface area contributed by atoms with E-state index in [9.17, 15) is 24.3 Å². The lowest BCUT2D eigenvalue weighted by Crippen LogP contribution is -2.57. The first-order valence-corrected chi connectivity index (χ1v) is 6.50. The molecule has 2 aliphatic rings. The van der Waals surface area contributed by atoms with Gasteiger partial charge in [-0.1, -0.05) is 0 Å². The van der Waals surface area contributed by atoms with Crippen LogP contribution < -0.4 is 5.32 Å². The molecule has 116 valence electrons. The fourth-order valence-electron chi connectivity index (χ4n) is 3.03. The lowest BCUT2D eigenvalue weighted by molar-refractivity contribution is -0.148. The van der Waals surface area contributed by atoms with Crippen LogP contribution in [0.25, 0.3) is 0 Å². The van der Waals surface area contributed by atoms with Crippen molar-refractivity contribution in [3.05, 3.63) is 0 Å². The molecule has 2 rings (SSSR count). The summed E-state index contributed by atoms with van der Waals surface area (Å²) in [5.74, 6) is -5.92. The number of carboxylic acid groups (broad SMARTS) is 2. The van der Waals surface area contributed by atoms with E-state index in [4.69, 9.17) is 9.84 Å². The van der Waals surface area contributed by atoms with Crippen LogP contribution in [-0.2, 0) is 19.1 Å². The van der Waals surface area contributed by atoms with Gasteiger partial charge in [-0.3, -0.25) is 9.59 Å². The molecule has 0 aromatic carbocycles. The van der Waals surface area contributed by atoms with E-state index in [1.807, 2.05) is 0 Å². The first-order chi connectivity index (χ1) is 9.49. The van der Waals surface area contributed by atoms with Crippen molar-refractivity contribution in [2.75, 3.05) is 0 Å². The maximum absolute atomic E-state index is 11.8. The molecule has 0 aromatic rings. The predicted octanol–water partition coefficient (Wildman–Crippen LogP) is 0.254. The van der Waals surface area contributed by atoms with Crippen LogP contribution in [0.3, 0.4) is 0 Å². The Balaban J connectivity index is 2.23. The van der Waals surface area contributed by atoms with Crippen molar-refractivity contribution in [3.8, 4) is 0 Å². The Bertz CT molecular complexity index is 531. The molecule has 0 radical (unpaired) electrons. The third-order valence-electron chi connectivity index (χ3n) is 3.80. The van der Waals surface area contributed by atoms with Crippen molar-refractivity contribution in [1.29, 1.82) is 0 Å². The Morgan fingerprint density at radius 3 is 2.24 bits per heavy atom. The van der Waals surface area contributed by atoms with Crippen LogP contribution in [0, 0.1) is 17.8 Å². The molecule has 21 heavy (non-hydrogen) atoms. The average Bonchev–Trinajstić information content (AvgIpc) is 2.94. The SMILES string of the molecule is CC(C)(C)OC(=O)NC1(C(=O)O)CC(=O)C2C(C(=O)O)C21. The fraction of sp³-hybridized carbons (Fsp3) is 0.692. The molecule has 8 nitrogen and oxygen atoms in total. The van der Waals surface area contributed by atoms with Gasteiger partial charge in [-0.15, -0.1) is 0 Å². The van der Waals surface area contributed by atoms with Crippen LogP contribution in [0.2, 0.25) is 0 Å². The molecule has 4 atom stereocenters. The van der Waals surface area contributed by atoms with Gasteiger partial charge in [-0.25, -0.2) is 9.59 Å². The summed E-state index contributed by atoms with van der Waals surface area (Å²) in [6.07, 6.45) is -1.39. The molecule has 4 unspecified atom stereocenters. The molecule has 3 N–H and O–H groups in total. The van der Waals surface area contributed by atoms with Gasteiger partial charge < -0.3 is 20.3 Å². The van der Waals surface area contributed by atoms with Gasteiger partial charge in [0.05, 0.1) is 5.92 Å². The molecule has 0 spiro atoms. The first kappa shape index (κ1) is 15.3. The van der Waals surface area contributed by atoms with Gasteiger partial charge in [0.25, 0.3) is 0 Å². The van der Waals surface area contributed by atoms with Crippen molar-refractivity contribution in [1.82, 2.24) is 5.32 Å². The van der Waals surface area contributed by atoms with Crippen molar-refractivity contribution in [2.45, 2.75) is 38.3 Å². The zero-order valence-electron chi connectivity index (χ0n) is 11.9. The molecule has 2 saturated carbocycles. The summed E-state index contributed by atoms with van der Waals surface area (Å²) in [4.78, 5) is 46.2. The van der Waals surface area contributed by atoms with E-state index in [1.54, 1.807) is 20.8 Å². The van der Waals surface area contributed by atoms with Crippen LogP contribution >= 0.6 is 0 Å². The highest BCUT2D eigenvalue weighted by Crippen LogP contribution is 2.60. The van der Waals surface area contributed by atoms with Gasteiger partial charge in [0.1, 0.15) is 11.4 Å². The molecule has 0 heterocycles. The van der Waals surface area contributed by atoms with Crippen LogP contribution in [0.4, 0.5) is 4.79 Å². The Hall–Kier alpha value is -2.12. The number of fused-ring (bicyclic) bond motifs is 1. The lowest BCUT2D eigenvalue weighted by atomic mass is 9.90. The van der Waals surface area contributed by atoms with Crippen LogP contribution in [-0.4, -0.2) is 45.2 Å². The third-order valence-corrected chi connectivity index (χ3v) is 3.80. The second kappa shape index (κ2) is 4.44. The molecule has 0 aromatic heterocycles. The third kappa shape index (κ3) is 2.45. The second-order valence-electron chi connectivity index (χ2n) is 6.46. The minimum absolute atomic E-state index is 0.416. The quantitative estimate of drug-likeness (QED) is 0.681. The van der Waals surface area contributed by atoms with Crippen molar-refractivity contribution in [2.24, 2.45) is 17.8 Å². The van der Waals surface area contributed by atoms with E-state index in [0.717, 1.165) is 0 Å². The molecule has 2 aliphatic carbocycles. The minimum atomic E-state index is -1.90. The maximum atomic E-state index is 11.8. The molecule has 8 heteroatoms. The summed E-state index contributed by atoms with van der Waals surface area (Å²) in [6.45, 7) is 4.83. The topological polar surface area (TPSA) is 130 Å². The summed E-state index contributed by atoms with van der Waals surface area (Å²) < 4.78 is 5.00. The zero-order chi connectivity index (χ0) is 16.2. The zero-order valence-corrected chi connectivity index (χ0v) is 11.9. The van der Waals surface area contributed by atoms with Gasteiger partial charge in [-0.05, 0) is 20.8 Å². The highest BCUT2D eigenvalue weighted by molar-refractivity contribution is 6.04. The van der Waals surface area contributed by atoms with E-state index in [-0.39, 0.29) is 0 Å². The number of hydrogen-bond acceptors (Lipinski definition) is 5. The number of ketones is 1. The molecule has 0 saturated heterocycles. The summed E-state index contributed by atoms with van der Waals surface area (Å²) in [5.41, 5.74) is -2.73. The maximum Gasteiger partial charge on any atom is 0.408 e. The Morgan fingerprint density at radius 2 is 1.86 bits per heavy atom. The Labute approximate surface area is 120 Å². The lowest BCUT2D eigenvalue weighted by Gasteiger charge is -2.29. The standard InChI is InChI=1S/C13H17NO7/c1-12(2,3)21-11(20)14-13(10(18)19)4-5(15)6-7(8(6)13)9(16)17/h6-8H,4H2,1-3H3,(H,14,20)(H,16,17)(H,18,19). The summed E-state index contributed by atoms with van der Waals surface area (Å²) in [6, 6.07) is 0. The van der Waals surface area contributed by atoms with Gasteiger partial charge >= 0.3 is 18.0 Å². The van der Waals surface area contributed by atoms with E-state index in [2.05, 4.69) is 5.32 Å². The molecule has 0 aliphatic heterocycles.